The molecular weight excluding hydrogens is 452 g/mol. The Morgan fingerprint density at radius 2 is 1.89 bits per heavy atom. The first-order valence-corrected chi connectivity index (χ1v) is 11.6. The maximum atomic E-state index is 12.9. The van der Waals surface area contributed by atoms with Crippen molar-refractivity contribution in [1.29, 1.82) is 0 Å². The molecule has 2 aromatic heterocycles. The summed E-state index contributed by atoms with van der Waals surface area (Å²) >= 11 is 0. The summed E-state index contributed by atoms with van der Waals surface area (Å²) in [6, 6.07) is 6.67. The van der Waals surface area contributed by atoms with Crippen LogP contribution in [0, 0.1) is 0 Å². The molecule has 0 spiro atoms. The van der Waals surface area contributed by atoms with E-state index in [1.165, 1.54) is 6.26 Å². The first-order valence-electron chi connectivity index (χ1n) is 11.6. The number of methoxy groups -OCH3 is 2. The van der Waals surface area contributed by atoms with Crippen LogP contribution in [0.4, 0.5) is 11.8 Å². The number of hydrogen-bond donors (Lipinski definition) is 2. The number of nitrogens with zero attached hydrogens (tertiary/aromatic N) is 4. The molecule has 2 N–H and O–H groups in total. The van der Waals surface area contributed by atoms with Gasteiger partial charge in [0.1, 0.15) is 5.82 Å². The monoisotopic (exact) mass is 480 g/mol. The van der Waals surface area contributed by atoms with E-state index in [1.54, 1.807) is 43.4 Å². The lowest BCUT2D eigenvalue weighted by Gasteiger charge is -2.34. The number of ether oxygens (including phenoxy) is 2. The summed E-state index contributed by atoms with van der Waals surface area (Å²) in [6.07, 6.45) is 3.23. The van der Waals surface area contributed by atoms with Crippen molar-refractivity contribution in [3.63, 3.8) is 0 Å². The quantitative estimate of drug-likeness (QED) is 0.545. The molecule has 3 aromatic rings. The van der Waals surface area contributed by atoms with Gasteiger partial charge in [0.2, 0.25) is 11.9 Å². The molecule has 11 nitrogen and oxygen atoms in total. The predicted octanol–water partition coefficient (Wildman–Crippen LogP) is 1.89. The van der Waals surface area contributed by atoms with Crippen LogP contribution in [0.5, 0.6) is 11.5 Å². The highest BCUT2D eigenvalue weighted by Gasteiger charge is 2.27. The van der Waals surface area contributed by atoms with Crippen LogP contribution in [-0.4, -0.2) is 79.7 Å². The second-order valence-electron chi connectivity index (χ2n) is 8.49. The zero-order chi connectivity index (χ0) is 24.4. The molecule has 0 radical (unpaired) electrons. The van der Waals surface area contributed by atoms with Crippen molar-refractivity contribution in [2.75, 3.05) is 57.2 Å². The highest BCUT2D eigenvalue weighted by molar-refractivity contribution is 6.02. The lowest BCUT2D eigenvalue weighted by atomic mass is 10.2. The van der Waals surface area contributed by atoms with E-state index in [0.29, 0.717) is 66.1 Å². The van der Waals surface area contributed by atoms with Crippen molar-refractivity contribution in [3.8, 4) is 11.5 Å². The summed E-state index contributed by atoms with van der Waals surface area (Å²) in [5.74, 6) is 2.01. The second-order valence-corrected chi connectivity index (χ2v) is 8.49. The number of aromatic nitrogens is 2. The molecule has 11 heteroatoms. The van der Waals surface area contributed by atoms with Crippen LogP contribution in [0.15, 0.2) is 34.9 Å². The van der Waals surface area contributed by atoms with E-state index < -0.39 is 0 Å². The number of benzene rings is 1. The number of carbonyl (C=O) groups excluding carboxylic acids is 2. The molecule has 2 saturated heterocycles. The third kappa shape index (κ3) is 4.59. The molecule has 0 saturated carbocycles. The van der Waals surface area contributed by atoms with E-state index in [-0.39, 0.29) is 17.9 Å². The van der Waals surface area contributed by atoms with Crippen LogP contribution in [-0.2, 0) is 4.79 Å². The van der Waals surface area contributed by atoms with E-state index >= 15 is 0 Å². The molecule has 35 heavy (non-hydrogen) atoms. The van der Waals surface area contributed by atoms with E-state index in [4.69, 9.17) is 23.9 Å². The van der Waals surface area contributed by atoms with Crippen molar-refractivity contribution in [1.82, 2.24) is 20.2 Å². The van der Waals surface area contributed by atoms with Gasteiger partial charge in [-0.25, -0.2) is 4.98 Å². The van der Waals surface area contributed by atoms with Gasteiger partial charge in [0.25, 0.3) is 5.91 Å². The number of fused-ring (bicyclic) bond motifs is 1. The van der Waals surface area contributed by atoms with E-state index in [1.807, 2.05) is 4.90 Å². The summed E-state index contributed by atoms with van der Waals surface area (Å²) in [7, 11) is 3.12. The minimum absolute atomic E-state index is 0.128. The van der Waals surface area contributed by atoms with Crippen molar-refractivity contribution in [2.45, 2.75) is 18.9 Å². The van der Waals surface area contributed by atoms with Gasteiger partial charge in [-0.2, -0.15) is 4.98 Å². The molecule has 2 aliphatic rings. The molecule has 0 aliphatic carbocycles. The van der Waals surface area contributed by atoms with E-state index in [2.05, 4.69) is 10.6 Å². The average molecular weight is 481 g/mol. The molecule has 5 rings (SSSR count). The van der Waals surface area contributed by atoms with Crippen LogP contribution in [0.25, 0.3) is 10.9 Å². The maximum absolute atomic E-state index is 12.9. The average Bonchev–Trinajstić information content (AvgIpc) is 3.62. The van der Waals surface area contributed by atoms with Crippen molar-refractivity contribution < 1.29 is 23.5 Å². The van der Waals surface area contributed by atoms with Crippen LogP contribution in [0.3, 0.4) is 0 Å². The number of piperazine rings is 1. The van der Waals surface area contributed by atoms with Gasteiger partial charge >= 0.3 is 0 Å². The smallest absolute Gasteiger partial charge is 0.289 e. The Hall–Kier alpha value is -3.86. The Morgan fingerprint density at radius 1 is 1.11 bits per heavy atom. The van der Waals surface area contributed by atoms with Gasteiger partial charge in [-0.3, -0.25) is 9.59 Å². The third-order valence-corrected chi connectivity index (χ3v) is 6.39. The molecule has 2 fully saturated rings. The maximum Gasteiger partial charge on any atom is 0.289 e. The van der Waals surface area contributed by atoms with Crippen LogP contribution < -0.4 is 25.0 Å². The third-order valence-electron chi connectivity index (χ3n) is 6.39. The zero-order valence-corrected chi connectivity index (χ0v) is 19.7. The van der Waals surface area contributed by atoms with Crippen molar-refractivity contribution in [2.24, 2.45) is 0 Å². The highest BCUT2D eigenvalue weighted by Crippen LogP contribution is 2.35. The fourth-order valence-corrected chi connectivity index (χ4v) is 4.46. The fourth-order valence-electron chi connectivity index (χ4n) is 4.46. The Balaban J connectivity index is 1.43. The largest absolute Gasteiger partial charge is 0.493 e. The number of nitrogens with one attached hydrogen (secondary N) is 2. The van der Waals surface area contributed by atoms with Crippen molar-refractivity contribution in [3.05, 3.63) is 36.3 Å². The van der Waals surface area contributed by atoms with Crippen LogP contribution in [0.2, 0.25) is 0 Å². The predicted molar refractivity (Wildman–Crippen MR) is 129 cm³/mol. The SMILES string of the molecule is COc1cc2nc(N3CCN(C(=O)c4ccco4)CC3)nc(NC(=O)[C@@H]3CCCN3)c2cc1OC. The van der Waals surface area contributed by atoms with Gasteiger partial charge < -0.3 is 34.3 Å². The van der Waals surface area contributed by atoms with Crippen LogP contribution in [0.1, 0.15) is 23.4 Å². The second kappa shape index (κ2) is 9.79. The Bertz CT molecular complexity index is 1220. The lowest BCUT2D eigenvalue weighted by Crippen LogP contribution is -2.49. The molecule has 0 unspecified atom stereocenters. The normalized spacial score (nSPS) is 18.1. The Kier molecular flexibility index (Phi) is 6.41. The number of hydrogen-bond acceptors (Lipinski definition) is 9. The Labute approximate surface area is 202 Å². The van der Waals surface area contributed by atoms with Crippen molar-refractivity contribution >= 4 is 34.5 Å². The van der Waals surface area contributed by atoms with Gasteiger partial charge in [0.05, 0.1) is 32.0 Å². The lowest BCUT2D eigenvalue weighted by molar-refractivity contribution is -0.117. The minimum Gasteiger partial charge on any atom is -0.493 e. The minimum atomic E-state index is -0.250. The fraction of sp³-hybridized carbons (Fsp3) is 0.417. The number of carbonyl (C=O) groups is 2. The summed E-state index contributed by atoms with van der Waals surface area (Å²) < 4.78 is 16.2. The standard InChI is InChI=1S/C24H28N6O5/c1-33-19-13-15-17(14-20(19)34-2)26-24(28-21(15)27-22(31)16-5-3-7-25-16)30-10-8-29(9-11-30)23(32)18-6-4-12-35-18/h4,6,12-14,16,25H,3,5,7-11H2,1-2H3,(H,26,27,28,31)/t16-/m0/s1. The summed E-state index contributed by atoms with van der Waals surface area (Å²) in [5, 5.41) is 6.86. The highest BCUT2D eigenvalue weighted by atomic mass is 16.5. The topological polar surface area (TPSA) is 122 Å². The molecule has 1 aromatic carbocycles. The van der Waals surface area contributed by atoms with E-state index in [0.717, 1.165) is 19.4 Å². The number of furan rings is 1. The molecule has 4 heterocycles. The van der Waals surface area contributed by atoms with Gasteiger partial charge in [0, 0.05) is 37.6 Å². The first kappa shape index (κ1) is 22.9. The molecule has 2 aliphatic heterocycles. The number of rotatable bonds is 6. The van der Waals surface area contributed by atoms with E-state index in [9.17, 15) is 9.59 Å². The van der Waals surface area contributed by atoms with Crippen LogP contribution >= 0.6 is 0 Å². The summed E-state index contributed by atoms with van der Waals surface area (Å²) in [5.41, 5.74) is 0.622. The molecule has 184 valence electrons. The summed E-state index contributed by atoms with van der Waals surface area (Å²) in [4.78, 5) is 38.7. The number of amides is 2. The molecule has 2 amide bonds. The number of anilines is 2. The van der Waals surface area contributed by atoms with Gasteiger partial charge in [-0.1, -0.05) is 0 Å². The zero-order valence-electron chi connectivity index (χ0n) is 19.7. The Morgan fingerprint density at radius 3 is 2.54 bits per heavy atom. The molecule has 1 atom stereocenters. The van der Waals surface area contributed by atoms with Gasteiger partial charge in [-0.15, -0.1) is 0 Å². The van der Waals surface area contributed by atoms with Gasteiger partial charge in [-0.05, 0) is 37.6 Å². The first-order chi connectivity index (χ1) is 17.1. The summed E-state index contributed by atoms with van der Waals surface area (Å²) in [6.45, 7) is 2.91. The van der Waals surface area contributed by atoms with Gasteiger partial charge in [0.15, 0.2) is 17.3 Å². The molecule has 0 bridgehead atoms. The molecular formula is C24H28N6O5.